The fourth-order valence-corrected chi connectivity index (χ4v) is 3.29. The van der Waals surface area contributed by atoms with Crippen LogP contribution in [0, 0.1) is 18.6 Å². The van der Waals surface area contributed by atoms with Gasteiger partial charge in [0.1, 0.15) is 30.8 Å². The minimum Gasteiger partial charge on any atom is -0.454 e. The van der Waals surface area contributed by atoms with Crippen molar-refractivity contribution in [1.29, 1.82) is 0 Å². The zero-order valence-corrected chi connectivity index (χ0v) is 15.4. The number of aromatic nitrogens is 3. The summed E-state index contributed by atoms with van der Waals surface area (Å²) in [6, 6.07) is 8.29. The summed E-state index contributed by atoms with van der Waals surface area (Å²) in [4.78, 5) is 3.96. The van der Waals surface area contributed by atoms with E-state index in [0.717, 1.165) is 29.3 Å². The Labute approximate surface area is 160 Å². The van der Waals surface area contributed by atoms with Crippen LogP contribution in [-0.2, 0) is 21.8 Å². The normalized spacial score (nSPS) is 21.8. The summed E-state index contributed by atoms with van der Waals surface area (Å²) in [7, 11) is 0. The smallest absolute Gasteiger partial charge is 0.215 e. The zero-order chi connectivity index (χ0) is 19.7. The highest BCUT2D eigenvalue weighted by atomic mass is 19.1. The van der Waals surface area contributed by atoms with Gasteiger partial charge in [0, 0.05) is 11.6 Å². The second kappa shape index (κ2) is 7.29. The summed E-state index contributed by atoms with van der Waals surface area (Å²) >= 11 is 0. The maximum atomic E-state index is 13.8. The van der Waals surface area contributed by atoms with E-state index in [9.17, 15) is 8.78 Å². The number of nitrogens with zero attached hydrogens (tertiary/aromatic N) is 3. The van der Waals surface area contributed by atoms with E-state index in [1.165, 1.54) is 6.33 Å². The standard InChI is InChI=1S/C20H19F2N3O3/c1-13-7-16(27-19-8-15(21)3-6-18(19)22)4-5-17(13)20(26-9-14(2)28-20)10-25-12-23-11-24-25/h3-8,11-12,14H,9-10H2,1-2H3. The van der Waals surface area contributed by atoms with Crippen LogP contribution < -0.4 is 4.74 Å². The Morgan fingerprint density at radius 3 is 2.79 bits per heavy atom. The first-order chi connectivity index (χ1) is 13.4. The van der Waals surface area contributed by atoms with Crippen LogP contribution >= 0.6 is 0 Å². The molecule has 3 aromatic rings. The lowest BCUT2D eigenvalue weighted by Crippen LogP contribution is -2.34. The van der Waals surface area contributed by atoms with Gasteiger partial charge in [-0.25, -0.2) is 18.4 Å². The molecule has 0 saturated carbocycles. The van der Waals surface area contributed by atoms with E-state index in [2.05, 4.69) is 10.1 Å². The summed E-state index contributed by atoms with van der Waals surface area (Å²) in [5.74, 6) is -2.01. The predicted molar refractivity (Wildman–Crippen MR) is 95.8 cm³/mol. The minimum atomic E-state index is -1.01. The molecule has 1 aliphatic rings. The number of benzene rings is 2. The van der Waals surface area contributed by atoms with Gasteiger partial charge in [-0.3, -0.25) is 0 Å². The molecule has 0 aliphatic carbocycles. The Kier molecular flexibility index (Phi) is 4.82. The van der Waals surface area contributed by atoms with Gasteiger partial charge in [0.05, 0.1) is 12.7 Å². The molecule has 2 unspecified atom stereocenters. The molecule has 2 atom stereocenters. The van der Waals surface area contributed by atoms with Crippen molar-refractivity contribution in [2.75, 3.05) is 6.61 Å². The highest BCUT2D eigenvalue weighted by molar-refractivity contribution is 5.40. The van der Waals surface area contributed by atoms with Gasteiger partial charge >= 0.3 is 0 Å². The highest BCUT2D eigenvalue weighted by Crippen LogP contribution is 2.39. The Morgan fingerprint density at radius 2 is 2.11 bits per heavy atom. The van der Waals surface area contributed by atoms with Crippen LogP contribution in [0.25, 0.3) is 0 Å². The Morgan fingerprint density at radius 1 is 1.25 bits per heavy atom. The largest absolute Gasteiger partial charge is 0.454 e. The molecule has 2 heterocycles. The van der Waals surface area contributed by atoms with Crippen LogP contribution in [0.1, 0.15) is 18.1 Å². The lowest BCUT2D eigenvalue weighted by atomic mass is 9.99. The third-order valence-electron chi connectivity index (χ3n) is 4.51. The van der Waals surface area contributed by atoms with Gasteiger partial charge in [0.25, 0.3) is 0 Å². The Bertz CT molecular complexity index is 981. The molecular weight excluding hydrogens is 368 g/mol. The molecule has 146 valence electrons. The monoisotopic (exact) mass is 387 g/mol. The summed E-state index contributed by atoms with van der Waals surface area (Å²) in [6.07, 6.45) is 2.96. The molecule has 28 heavy (non-hydrogen) atoms. The van der Waals surface area contributed by atoms with E-state index >= 15 is 0 Å². The number of hydrogen-bond donors (Lipinski definition) is 0. The summed E-state index contributed by atoms with van der Waals surface area (Å²) in [5, 5.41) is 4.14. The number of aryl methyl sites for hydroxylation is 1. The van der Waals surface area contributed by atoms with Crippen molar-refractivity contribution in [3.8, 4) is 11.5 Å². The van der Waals surface area contributed by atoms with Crippen LogP contribution in [0.3, 0.4) is 0 Å². The quantitative estimate of drug-likeness (QED) is 0.664. The first kappa shape index (κ1) is 18.5. The van der Waals surface area contributed by atoms with Gasteiger partial charge in [-0.2, -0.15) is 5.10 Å². The van der Waals surface area contributed by atoms with Gasteiger partial charge in [0.2, 0.25) is 5.79 Å². The van der Waals surface area contributed by atoms with Crippen LogP contribution in [0.2, 0.25) is 0 Å². The van der Waals surface area contributed by atoms with E-state index in [4.69, 9.17) is 14.2 Å². The van der Waals surface area contributed by atoms with Gasteiger partial charge in [-0.15, -0.1) is 0 Å². The van der Waals surface area contributed by atoms with Gasteiger partial charge < -0.3 is 14.2 Å². The van der Waals surface area contributed by atoms with Gasteiger partial charge in [-0.05, 0) is 49.7 Å². The van der Waals surface area contributed by atoms with Crippen molar-refractivity contribution in [3.05, 3.63) is 71.8 Å². The molecule has 1 fully saturated rings. The molecule has 0 radical (unpaired) electrons. The van der Waals surface area contributed by atoms with E-state index in [-0.39, 0.29) is 11.9 Å². The maximum Gasteiger partial charge on any atom is 0.215 e. The van der Waals surface area contributed by atoms with Gasteiger partial charge in [-0.1, -0.05) is 0 Å². The first-order valence-electron chi connectivity index (χ1n) is 8.83. The fraction of sp³-hybridized carbons (Fsp3) is 0.300. The molecule has 1 aromatic heterocycles. The van der Waals surface area contributed by atoms with Crippen molar-refractivity contribution in [1.82, 2.24) is 14.8 Å². The van der Waals surface area contributed by atoms with Crippen molar-refractivity contribution in [2.24, 2.45) is 0 Å². The molecule has 0 amide bonds. The highest BCUT2D eigenvalue weighted by Gasteiger charge is 2.43. The molecule has 6 nitrogen and oxygen atoms in total. The lowest BCUT2D eigenvalue weighted by Gasteiger charge is -2.29. The molecule has 1 saturated heterocycles. The second-order valence-electron chi connectivity index (χ2n) is 6.74. The van der Waals surface area contributed by atoms with Crippen LogP contribution in [0.15, 0.2) is 49.1 Å². The molecule has 4 rings (SSSR count). The topological polar surface area (TPSA) is 58.4 Å². The zero-order valence-electron chi connectivity index (χ0n) is 15.4. The summed E-state index contributed by atoms with van der Waals surface area (Å²) in [6.45, 7) is 4.59. The molecule has 1 aliphatic heterocycles. The van der Waals surface area contributed by atoms with Crippen molar-refractivity contribution >= 4 is 0 Å². The van der Waals surface area contributed by atoms with E-state index in [1.807, 2.05) is 13.8 Å². The fourth-order valence-electron chi connectivity index (χ4n) is 3.29. The maximum absolute atomic E-state index is 13.8. The van der Waals surface area contributed by atoms with Crippen LogP contribution in [-0.4, -0.2) is 27.5 Å². The van der Waals surface area contributed by atoms with Crippen LogP contribution in [0.4, 0.5) is 8.78 Å². The molecule has 0 bridgehead atoms. The minimum absolute atomic E-state index is 0.0831. The molecule has 0 N–H and O–H groups in total. The SMILES string of the molecule is Cc1cc(Oc2cc(F)ccc2F)ccc1C1(Cn2cncn2)OCC(C)O1. The second-order valence-corrected chi connectivity index (χ2v) is 6.74. The number of ether oxygens (including phenoxy) is 3. The molecule has 0 spiro atoms. The number of halogens is 2. The summed E-state index contributed by atoms with van der Waals surface area (Å²) < 4.78 is 46.5. The van der Waals surface area contributed by atoms with Gasteiger partial charge in [0.15, 0.2) is 11.6 Å². The third-order valence-corrected chi connectivity index (χ3v) is 4.51. The molecular formula is C20H19F2N3O3. The average molecular weight is 387 g/mol. The van der Waals surface area contributed by atoms with Crippen molar-refractivity contribution < 1.29 is 23.0 Å². The first-order valence-corrected chi connectivity index (χ1v) is 8.83. The molecule has 2 aromatic carbocycles. The summed E-state index contributed by atoms with van der Waals surface area (Å²) in [5.41, 5.74) is 1.63. The third kappa shape index (κ3) is 3.61. The Hall–Kier alpha value is -2.84. The number of hydrogen-bond acceptors (Lipinski definition) is 5. The van der Waals surface area contributed by atoms with E-state index in [1.54, 1.807) is 29.2 Å². The van der Waals surface area contributed by atoms with Crippen molar-refractivity contribution in [3.63, 3.8) is 0 Å². The molecule has 8 heteroatoms. The lowest BCUT2D eigenvalue weighted by molar-refractivity contribution is -0.187. The Balaban J connectivity index is 1.65. The van der Waals surface area contributed by atoms with E-state index < -0.39 is 17.4 Å². The van der Waals surface area contributed by atoms with Crippen molar-refractivity contribution in [2.45, 2.75) is 32.3 Å². The van der Waals surface area contributed by atoms with Crippen LogP contribution in [0.5, 0.6) is 11.5 Å². The van der Waals surface area contributed by atoms with E-state index in [0.29, 0.717) is 18.9 Å². The number of rotatable bonds is 5. The average Bonchev–Trinajstić information content (AvgIpc) is 3.29. The predicted octanol–water partition coefficient (Wildman–Crippen LogP) is 3.95.